The monoisotopic (exact) mass is 223 g/mol. The third-order valence-electron chi connectivity index (χ3n) is 3.15. The molecule has 0 bridgehead atoms. The highest BCUT2D eigenvalue weighted by Crippen LogP contribution is 2.30. The van der Waals surface area contributed by atoms with E-state index in [0.29, 0.717) is 5.52 Å². The molecular weight excluding hydrogens is 210 g/mol. The fourth-order valence-electron chi connectivity index (χ4n) is 2.37. The van der Waals surface area contributed by atoms with Crippen LogP contribution in [0.2, 0.25) is 0 Å². The Balaban J connectivity index is 2.58. The lowest BCUT2D eigenvalue weighted by Gasteiger charge is -2.09. The van der Waals surface area contributed by atoms with E-state index in [4.69, 9.17) is 0 Å². The SMILES string of the molecule is CCc1c2ccccc2nc2c(O)cccc12. The molecule has 0 aliphatic heterocycles. The van der Waals surface area contributed by atoms with Crippen molar-refractivity contribution in [1.82, 2.24) is 4.98 Å². The van der Waals surface area contributed by atoms with E-state index in [1.165, 1.54) is 10.9 Å². The third-order valence-corrected chi connectivity index (χ3v) is 3.15. The third kappa shape index (κ3) is 1.45. The zero-order valence-electron chi connectivity index (χ0n) is 9.64. The van der Waals surface area contributed by atoms with Gasteiger partial charge in [-0.1, -0.05) is 37.3 Å². The van der Waals surface area contributed by atoms with Crippen LogP contribution in [0.15, 0.2) is 42.5 Å². The van der Waals surface area contributed by atoms with Crippen molar-refractivity contribution in [1.29, 1.82) is 0 Å². The van der Waals surface area contributed by atoms with Crippen LogP contribution < -0.4 is 0 Å². The highest BCUT2D eigenvalue weighted by Gasteiger charge is 2.09. The summed E-state index contributed by atoms with van der Waals surface area (Å²) in [5.74, 6) is 0.253. The number of fused-ring (bicyclic) bond motifs is 2. The minimum absolute atomic E-state index is 0.253. The zero-order valence-corrected chi connectivity index (χ0v) is 9.64. The summed E-state index contributed by atoms with van der Waals surface area (Å²) < 4.78 is 0. The molecule has 0 unspecified atom stereocenters. The zero-order chi connectivity index (χ0) is 11.8. The Morgan fingerprint density at radius 2 is 1.76 bits per heavy atom. The summed E-state index contributed by atoms with van der Waals surface area (Å²) in [6.45, 7) is 2.13. The van der Waals surface area contributed by atoms with Gasteiger partial charge >= 0.3 is 0 Å². The molecule has 0 aliphatic carbocycles. The molecule has 2 heteroatoms. The van der Waals surface area contributed by atoms with Crippen LogP contribution in [-0.4, -0.2) is 10.1 Å². The number of phenolic OH excluding ortho intramolecular Hbond substituents is 1. The van der Waals surface area contributed by atoms with Crippen LogP contribution in [-0.2, 0) is 6.42 Å². The first-order chi connectivity index (χ1) is 8.31. The highest BCUT2D eigenvalue weighted by molar-refractivity contribution is 5.99. The summed E-state index contributed by atoms with van der Waals surface area (Å²) >= 11 is 0. The van der Waals surface area contributed by atoms with Gasteiger partial charge in [-0.25, -0.2) is 4.98 Å². The normalized spacial score (nSPS) is 11.1. The van der Waals surface area contributed by atoms with Gasteiger partial charge in [0.25, 0.3) is 0 Å². The van der Waals surface area contributed by atoms with E-state index < -0.39 is 0 Å². The number of aryl methyl sites for hydroxylation is 1. The molecule has 1 N–H and O–H groups in total. The van der Waals surface area contributed by atoms with Crippen molar-refractivity contribution < 1.29 is 5.11 Å². The Labute approximate surface area is 99.5 Å². The van der Waals surface area contributed by atoms with Crippen molar-refractivity contribution >= 4 is 21.8 Å². The number of benzene rings is 2. The summed E-state index contributed by atoms with van der Waals surface area (Å²) in [6, 6.07) is 13.6. The molecule has 3 aromatic rings. The molecule has 0 spiro atoms. The minimum Gasteiger partial charge on any atom is -0.506 e. The fraction of sp³-hybridized carbons (Fsp3) is 0.133. The van der Waals surface area contributed by atoms with Crippen molar-refractivity contribution in [2.45, 2.75) is 13.3 Å². The molecule has 0 atom stereocenters. The first-order valence-electron chi connectivity index (χ1n) is 5.80. The van der Waals surface area contributed by atoms with Gasteiger partial charge in [0.2, 0.25) is 0 Å². The highest BCUT2D eigenvalue weighted by atomic mass is 16.3. The molecular formula is C15H13NO. The Bertz CT molecular complexity index is 704. The van der Waals surface area contributed by atoms with Gasteiger partial charge in [0.05, 0.1) is 5.52 Å². The van der Waals surface area contributed by atoms with Crippen LogP contribution in [0, 0.1) is 0 Å². The lowest BCUT2D eigenvalue weighted by atomic mass is 10.0. The first-order valence-corrected chi connectivity index (χ1v) is 5.80. The van der Waals surface area contributed by atoms with E-state index >= 15 is 0 Å². The number of phenols is 1. The van der Waals surface area contributed by atoms with E-state index in [1.54, 1.807) is 6.07 Å². The van der Waals surface area contributed by atoms with E-state index in [2.05, 4.69) is 18.0 Å². The maximum absolute atomic E-state index is 9.89. The lowest BCUT2D eigenvalue weighted by molar-refractivity contribution is 0.480. The molecule has 0 saturated heterocycles. The second-order valence-corrected chi connectivity index (χ2v) is 4.13. The molecule has 0 saturated carbocycles. The van der Waals surface area contributed by atoms with Crippen molar-refractivity contribution in [2.75, 3.05) is 0 Å². The summed E-state index contributed by atoms with van der Waals surface area (Å²) in [7, 11) is 0. The maximum Gasteiger partial charge on any atom is 0.141 e. The van der Waals surface area contributed by atoms with Crippen LogP contribution in [0.3, 0.4) is 0 Å². The minimum atomic E-state index is 0.253. The summed E-state index contributed by atoms with van der Waals surface area (Å²) in [5.41, 5.74) is 2.89. The first kappa shape index (κ1) is 10.1. The van der Waals surface area contributed by atoms with Gasteiger partial charge in [-0.15, -0.1) is 0 Å². The lowest BCUT2D eigenvalue weighted by Crippen LogP contribution is -1.91. The van der Waals surface area contributed by atoms with E-state index in [0.717, 1.165) is 17.3 Å². The molecule has 0 fully saturated rings. The second kappa shape index (κ2) is 3.74. The topological polar surface area (TPSA) is 33.1 Å². The number of rotatable bonds is 1. The Morgan fingerprint density at radius 3 is 2.59 bits per heavy atom. The molecule has 1 aromatic heterocycles. The van der Waals surface area contributed by atoms with E-state index in [1.807, 2.05) is 30.3 Å². The number of nitrogens with zero attached hydrogens (tertiary/aromatic N) is 1. The fourth-order valence-corrected chi connectivity index (χ4v) is 2.37. The Hall–Kier alpha value is -2.09. The van der Waals surface area contributed by atoms with Gasteiger partial charge in [0.1, 0.15) is 11.3 Å². The average Bonchev–Trinajstić information content (AvgIpc) is 2.37. The molecule has 0 amide bonds. The number of aromatic nitrogens is 1. The van der Waals surface area contributed by atoms with Crippen LogP contribution >= 0.6 is 0 Å². The number of hydrogen-bond donors (Lipinski definition) is 1. The standard InChI is InChI=1S/C15H13NO/c1-2-10-11-6-3-4-8-13(11)16-15-12(10)7-5-9-14(15)17/h3-9,17H,2H2,1H3. The van der Waals surface area contributed by atoms with E-state index in [9.17, 15) is 5.11 Å². The molecule has 1 heterocycles. The maximum atomic E-state index is 9.89. The Kier molecular flexibility index (Phi) is 2.22. The quantitative estimate of drug-likeness (QED) is 0.639. The summed E-state index contributed by atoms with van der Waals surface area (Å²) in [6.07, 6.45) is 0.934. The summed E-state index contributed by atoms with van der Waals surface area (Å²) in [4.78, 5) is 4.54. The van der Waals surface area contributed by atoms with Crippen molar-refractivity contribution in [3.8, 4) is 5.75 Å². The molecule has 84 valence electrons. The number of pyridine rings is 1. The molecule has 17 heavy (non-hydrogen) atoms. The summed E-state index contributed by atoms with van der Waals surface area (Å²) in [5, 5.41) is 12.1. The van der Waals surface area contributed by atoms with Crippen LogP contribution in [0.25, 0.3) is 21.8 Å². The van der Waals surface area contributed by atoms with Gasteiger partial charge in [0.15, 0.2) is 0 Å². The number of aromatic hydroxyl groups is 1. The van der Waals surface area contributed by atoms with Crippen molar-refractivity contribution in [2.24, 2.45) is 0 Å². The predicted molar refractivity (Wildman–Crippen MR) is 70.3 cm³/mol. The number of para-hydroxylation sites is 2. The Morgan fingerprint density at radius 1 is 1.00 bits per heavy atom. The smallest absolute Gasteiger partial charge is 0.141 e. The van der Waals surface area contributed by atoms with Crippen LogP contribution in [0.1, 0.15) is 12.5 Å². The predicted octanol–water partition coefficient (Wildman–Crippen LogP) is 3.66. The molecule has 3 rings (SSSR count). The van der Waals surface area contributed by atoms with Crippen LogP contribution in [0.5, 0.6) is 5.75 Å². The largest absolute Gasteiger partial charge is 0.506 e. The van der Waals surface area contributed by atoms with Gasteiger partial charge < -0.3 is 5.11 Å². The van der Waals surface area contributed by atoms with Gasteiger partial charge in [-0.05, 0) is 24.1 Å². The van der Waals surface area contributed by atoms with Crippen molar-refractivity contribution in [3.05, 3.63) is 48.0 Å². The molecule has 2 aromatic carbocycles. The van der Waals surface area contributed by atoms with Gasteiger partial charge in [-0.3, -0.25) is 0 Å². The number of hydrogen-bond acceptors (Lipinski definition) is 2. The molecule has 0 radical (unpaired) electrons. The van der Waals surface area contributed by atoms with Gasteiger partial charge in [-0.2, -0.15) is 0 Å². The molecule has 2 nitrogen and oxygen atoms in total. The van der Waals surface area contributed by atoms with Gasteiger partial charge in [0, 0.05) is 10.8 Å². The van der Waals surface area contributed by atoms with Crippen molar-refractivity contribution in [3.63, 3.8) is 0 Å². The second-order valence-electron chi connectivity index (χ2n) is 4.13. The molecule has 0 aliphatic rings. The average molecular weight is 223 g/mol. The van der Waals surface area contributed by atoms with E-state index in [-0.39, 0.29) is 5.75 Å². The van der Waals surface area contributed by atoms with Crippen LogP contribution in [0.4, 0.5) is 0 Å².